The van der Waals surface area contributed by atoms with Gasteiger partial charge in [-0.25, -0.2) is 0 Å². The number of hydrogen-bond donors (Lipinski definition) is 2. The van der Waals surface area contributed by atoms with Crippen LogP contribution in [0.2, 0.25) is 5.02 Å². The number of nitrogens with one attached hydrogen (secondary N) is 1. The second kappa shape index (κ2) is 9.74. The Morgan fingerprint density at radius 2 is 1.92 bits per heavy atom. The summed E-state index contributed by atoms with van der Waals surface area (Å²) in [6.07, 6.45) is 0.562. The maximum Gasteiger partial charge on any atom is 0.320 e. The first-order valence-corrected chi connectivity index (χ1v) is 8.70. The predicted molar refractivity (Wildman–Crippen MR) is 96.1 cm³/mol. The van der Waals surface area contributed by atoms with Gasteiger partial charge in [0.05, 0.1) is 12.7 Å². The van der Waals surface area contributed by atoms with Crippen LogP contribution in [0.1, 0.15) is 46.6 Å². The van der Waals surface area contributed by atoms with Crippen molar-refractivity contribution in [2.24, 2.45) is 5.92 Å². The summed E-state index contributed by atoms with van der Waals surface area (Å²) >= 11 is 6.33. The fraction of sp³-hybridized carbons (Fsp3) is 0.611. The molecule has 1 aromatic carbocycles. The number of carbonyl (C=O) groups is 1. The van der Waals surface area contributed by atoms with Crippen molar-refractivity contribution in [3.05, 3.63) is 22.7 Å². The third-order valence-electron chi connectivity index (χ3n) is 3.32. The lowest BCUT2D eigenvalue weighted by atomic mass is 10.0. The molecule has 0 aromatic heterocycles. The van der Waals surface area contributed by atoms with Crippen LogP contribution in [-0.4, -0.2) is 29.8 Å². The van der Waals surface area contributed by atoms with Crippen molar-refractivity contribution in [1.29, 1.82) is 0 Å². The predicted octanol–water partition coefficient (Wildman–Crippen LogP) is 4.11. The Balaban J connectivity index is 2.94. The summed E-state index contributed by atoms with van der Waals surface area (Å²) in [6.45, 7) is 10.6. The molecule has 1 atom stereocenters. The fourth-order valence-corrected chi connectivity index (χ4v) is 2.52. The molecule has 5 nitrogen and oxygen atoms in total. The van der Waals surface area contributed by atoms with Crippen LogP contribution in [0.5, 0.6) is 11.5 Å². The zero-order chi connectivity index (χ0) is 18.3. The van der Waals surface area contributed by atoms with E-state index in [-0.39, 0.29) is 12.0 Å². The summed E-state index contributed by atoms with van der Waals surface area (Å²) in [5.74, 6) is 0.639. The molecule has 136 valence electrons. The molecular weight excluding hydrogens is 330 g/mol. The topological polar surface area (TPSA) is 67.8 Å². The van der Waals surface area contributed by atoms with Gasteiger partial charge in [-0.3, -0.25) is 4.79 Å². The Labute approximate surface area is 149 Å². The maximum atomic E-state index is 11.3. The monoisotopic (exact) mass is 357 g/mol. The van der Waals surface area contributed by atoms with Gasteiger partial charge in [-0.1, -0.05) is 25.4 Å². The zero-order valence-corrected chi connectivity index (χ0v) is 15.8. The number of carboxylic acids is 1. The summed E-state index contributed by atoms with van der Waals surface area (Å²) in [7, 11) is 0. The largest absolute Gasteiger partial charge is 0.490 e. The van der Waals surface area contributed by atoms with Crippen LogP contribution >= 0.6 is 11.6 Å². The van der Waals surface area contributed by atoms with Crippen molar-refractivity contribution in [2.75, 3.05) is 6.61 Å². The van der Waals surface area contributed by atoms with E-state index in [1.54, 1.807) is 6.07 Å². The minimum Gasteiger partial charge on any atom is -0.490 e. The third kappa shape index (κ3) is 6.57. The summed E-state index contributed by atoms with van der Waals surface area (Å²) in [4.78, 5) is 11.3. The standard InChI is InChI=1S/C18H28ClNO4/c1-6-23-16-8-13(14(19)9-17(16)24-12(4)5)10-20-15(18(21)22)7-11(2)3/h8-9,11-12,15,20H,6-7,10H2,1-5H3,(H,21,22). The SMILES string of the molecule is CCOc1cc(CNC(CC(C)C)C(=O)O)c(Cl)cc1OC(C)C. The lowest BCUT2D eigenvalue weighted by Crippen LogP contribution is -2.37. The third-order valence-corrected chi connectivity index (χ3v) is 3.67. The van der Waals surface area contributed by atoms with E-state index in [4.69, 9.17) is 21.1 Å². The molecule has 0 aliphatic carbocycles. The van der Waals surface area contributed by atoms with E-state index in [0.29, 0.717) is 36.1 Å². The number of aliphatic carboxylic acids is 1. The van der Waals surface area contributed by atoms with Crippen molar-refractivity contribution >= 4 is 17.6 Å². The Kier molecular flexibility index (Phi) is 8.36. The minimum atomic E-state index is -0.857. The van der Waals surface area contributed by atoms with Gasteiger partial charge in [0.25, 0.3) is 0 Å². The molecule has 1 rings (SSSR count). The fourth-order valence-electron chi connectivity index (χ4n) is 2.30. The molecular formula is C18H28ClNO4. The van der Waals surface area contributed by atoms with Crippen molar-refractivity contribution < 1.29 is 19.4 Å². The number of ether oxygens (including phenoxy) is 2. The molecule has 0 saturated carbocycles. The summed E-state index contributed by atoms with van der Waals surface area (Å²) in [5, 5.41) is 12.9. The van der Waals surface area contributed by atoms with Crippen molar-refractivity contribution in [3.8, 4) is 11.5 Å². The Morgan fingerprint density at radius 3 is 2.42 bits per heavy atom. The Morgan fingerprint density at radius 1 is 1.25 bits per heavy atom. The van der Waals surface area contributed by atoms with Gasteiger partial charge >= 0.3 is 5.97 Å². The highest BCUT2D eigenvalue weighted by molar-refractivity contribution is 6.31. The minimum absolute atomic E-state index is 0.00619. The van der Waals surface area contributed by atoms with E-state index in [2.05, 4.69) is 5.32 Å². The molecule has 2 N–H and O–H groups in total. The van der Waals surface area contributed by atoms with Gasteiger partial charge in [0.1, 0.15) is 6.04 Å². The number of halogens is 1. The lowest BCUT2D eigenvalue weighted by Gasteiger charge is -2.19. The van der Waals surface area contributed by atoms with Gasteiger partial charge in [0, 0.05) is 17.6 Å². The molecule has 0 fully saturated rings. The smallest absolute Gasteiger partial charge is 0.320 e. The van der Waals surface area contributed by atoms with Crippen LogP contribution in [0.25, 0.3) is 0 Å². The summed E-state index contributed by atoms with van der Waals surface area (Å²) in [6, 6.07) is 2.93. The molecule has 0 spiro atoms. The van der Waals surface area contributed by atoms with E-state index >= 15 is 0 Å². The van der Waals surface area contributed by atoms with Crippen LogP contribution in [0, 0.1) is 5.92 Å². The normalized spacial score (nSPS) is 12.5. The van der Waals surface area contributed by atoms with Crippen LogP contribution in [0.15, 0.2) is 12.1 Å². The zero-order valence-electron chi connectivity index (χ0n) is 15.1. The highest BCUT2D eigenvalue weighted by Crippen LogP contribution is 2.34. The summed E-state index contributed by atoms with van der Waals surface area (Å²) in [5.41, 5.74) is 0.784. The molecule has 1 aromatic rings. The van der Waals surface area contributed by atoms with Gasteiger partial charge in [0.2, 0.25) is 0 Å². The summed E-state index contributed by atoms with van der Waals surface area (Å²) < 4.78 is 11.4. The first-order chi connectivity index (χ1) is 11.2. The average molecular weight is 358 g/mol. The van der Waals surface area contributed by atoms with Gasteiger partial charge in [-0.2, -0.15) is 0 Å². The van der Waals surface area contributed by atoms with Crippen LogP contribution < -0.4 is 14.8 Å². The number of benzene rings is 1. The average Bonchev–Trinajstić information content (AvgIpc) is 2.46. The second-order valence-electron chi connectivity index (χ2n) is 6.39. The van der Waals surface area contributed by atoms with E-state index in [1.807, 2.05) is 40.7 Å². The van der Waals surface area contributed by atoms with Gasteiger partial charge in [0.15, 0.2) is 11.5 Å². The van der Waals surface area contributed by atoms with E-state index < -0.39 is 12.0 Å². The lowest BCUT2D eigenvalue weighted by molar-refractivity contribution is -0.140. The van der Waals surface area contributed by atoms with Crippen molar-refractivity contribution in [1.82, 2.24) is 5.32 Å². The maximum absolute atomic E-state index is 11.3. The molecule has 24 heavy (non-hydrogen) atoms. The van der Waals surface area contributed by atoms with Crippen molar-refractivity contribution in [3.63, 3.8) is 0 Å². The first-order valence-electron chi connectivity index (χ1n) is 8.32. The molecule has 0 bridgehead atoms. The molecule has 0 heterocycles. The highest BCUT2D eigenvalue weighted by Gasteiger charge is 2.19. The molecule has 0 saturated heterocycles. The van der Waals surface area contributed by atoms with Crippen molar-refractivity contribution in [2.45, 2.75) is 59.7 Å². The van der Waals surface area contributed by atoms with Crippen LogP contribution in [-0.2, 0) is 11.3 Å². The molecule has 0 radical (unpaired) electrons. The highest BCUT2D eigenvalue weighted by atomic mass is 35.5. The number of rotatable bonds is 10. The molecule has 0 aliphatic heterocycles. The molecule has 0 aliphatic rings. The van der Waals surface area contributed by atoms with Crippen LogP contribution in [0.4, 0.5) is 0 Å². The van der Waals surface area contributed by atoms with E-state index in [0.717, 1.165) is 5.56 Å². The first kappa shape index (κ1) is 20.6. The second-order valence-corrected chi connectivity index (χ2v) is 6.80. The quantitative estimate of drug-likeness (QED) is 0.659. The molecule has 1 unspecified atom stereocenters. The Hall–Kier alpha value is -1.46. The van der Waals surface area contributed by atoms with Gasteiger partial charge in [-0.15, -0.1) is 0 Å². The van der Waals surface area contributed by atoms with Gasteiger partial charge in [-0.05, 0) is 44.7 Å². The number of hydrogen-bond acceptors (Lipinski definition) is 4. The van der Waals surface area contributed by atoms with E-state index in [9.17, 15) is 9.90 Å². The van der Waals surface area contributed by atoms with Crippen LogP contribution in [0.3, 0.4) is 0 Å². The Bertz CT molecular complexity index is 546. The molecule has 6 heteroatoms. The van der Waals surface area contributed by atoms with Gasteiger partial charge < -0.3 is 19.9 Å². The van der Waals surface area contributed by atoms with E-state index in [1.165, 1.54) is 0 Å². The number of carboxylic acid groups (broad SMARTS) is 1. The molecule has 0 amide bonds.